The van der Waals surface area contributed by atoms with Crippen molar-refractivity contribution in [1.82, 2.24) is 5.43 Å². The smallest absolute Gasteiger partial charge is 0.298 e. The van der Waals surface area contributed by atoms with Gasteiger partial charge < -0.3 is 0 Å². The van der Waals surface area contributed by atoms with Gasteiger partial charge in [0.2, 0.25) is 0 Å². The summed E-state index contributed by atoms with van der Waals surface area (Å²) < 4.78 is 38.3. The first-order valence-electron chi connectivity index (χ1n) is 6.61. The molecule has 1 N–H and O–H groups in total. The first-order chi connectivity index (χ1) is 10.4. The summed E-state index contributed by atoms with van der Waals surface area (Å²) in [5.74, 6) is 0. The van der Waals surface area contributed by atoms with Crippen molar-refractivity contribution in [1.29, 1.82) is 0 Å². The normalized spacial score (nSPS) is 14.7. The molecule has 2 aromatic carbocycles. The molecule has 0 radical (unpaired) electrons. The van der Waals surface area contributed by atoms with Gasteiger partial charge in [0.1, 0.15) is 0 Å². The van der Waals surface area contributed by atoms with E-state index in [1.807, 2.05) is 18.2 Å². The molecule has 6 heteroatoms. The summed E-state index contributed by atoms with van der Waals surface area (Å²) in [5.41, 5.74) is 4.68. The Morgan fingerprint density at radius 1 is 1.05 bits per heavy atom. The molecule has 2 nitrogen and oxygen atoms in total. The van der Waals surface area contributed by atoms with E-state index in [1.165, 1.54) is 6.07 Å². The number of alkyl halides is 3. The van der Waals surface area contributed by atoms with Crippen LogP contribution in [0, 0.1) is 0 Å². The minimum absolute atomic E-state index is 0.468. The molecule has 0 fully saturated rings. The highest BCUT2D eigenvalue weighted by atomic mass is 35.5. The van der Waals surface area contributed by atoms with Crippen molar-refractivity contribution in [3.8, 4) is 0 Å². The third-order valence-electron chi connectivity index (χ3n) is 3.37. The summed E-state index contributed by atoms with van der Waals surface area (Å²) in [5, 5.41) is 2.30. The Morgan fingerprint density at radius 3 is 2.45 bits per heavy atom. The SMILES string of the molecule is FC(F)(F)c1cccc(N2CC=C(c3ccc(Cl)cc3)N2)c1. The number of halogens is 4. The molecule has 3 rings (SSSR count). The summed E-state index contributed by atoms with van der Waals surface area (Å²) >= 11 is 5.85. The van der Waals surface area contributed by atoms with Gasteiger partial charge in [0.15, 0.2) is 0 Å². The maximum atomic E-state index is 12.8. The van der Waals surface area contributed by atoms with Gasteiger partial charge in [-0.25, -0.2) is 0 Å². The van der Waals surface area contributed by atoms with Crippen molar-refractivity contribution in [2.45, 2.75) is 6.18 Å². The van der Waals surface area contributed by atoms with Gasteiger partial charge >= 0.3 is 6.18 Å². The Balaban J connectivity index is 1.78. The van der Waals surface area contributed by atoms with E-state index in [0.717, 1.165) is 23.4 Å². The van der Waals surface area contributed by atoms with Crippen LogP contribution in [0.15, 0.2) is 54.6 Å². The number of hydrazine groups is 1. The van der Waals surface area contributed by atoms with E-state index < -0.39 is 11.7 Å². The molecule has 0 bridgehead atoms. The van der Waals surface area contributed by atoms with Crippen molar-refractivity contribution in [2.75, 3.05) is 11.6 Å². The fourth-order valence-electron chi connectivity index (χ4n) is 2.25. The van der Waals surface area contributed by atoms with Gasteiger partial charge in [0.25, 0.3) is 0 Å². The van der Waals surface area contributed by atoms with Gasteiger partial charge in [-0.1, -0.05) is 29.8 Å². The van der Waals surface area contributed by atoms with Crippen molar-refractivity contribution < 1.29 is 13.2 Å². The molecule has 0 atom stereocenters. The second-order valence-electron chi connectivity index (χ2n) is 4.90. The van der Waals surface area contributed by atoms with Crippen LogP contribution in [0.2, 0.25) is 5.02 Å². The number of benzene rings is 2. The van der Waals surface area contributed by atoms with Crippen LogP contribution in [0.25, 0.3) is 5.70 Å². The van der Waals surface area contributed by atoms with E-state index in [1.54, 1.807) is 23.2 Å². The van der Waals surface area contributed by atoms with Crippen LogP contribution < -0.4 is 10.4 Å². The molecule has 1 aliphatic heterocycles. The van der Waals surface area contributed by atoms with Crippen molar-refractivity contribution in [3.63, 3.8) is 0 Å². The van der Waals surface area contributed by atoms with Crippen LogP contribution in [0.5, 0.6) is 0 Å². The first kappa shape index (κ1) is 14.8. The molecule has 0 aromatic heterocycles. The lowest BCUT2D eigenvalue weighted by atomic mass is 10.1. The zero-order chi connectivity index (χ0) is 15.7. The minimum Gasteiger partial charge on any atom is -0.298 e. The van der Waals surface area contributed by atoms with Crippen LogP contribution in [0.1, 0.15) is 11.1 Å². The predicted molar refractivity (Wildman–Crippen MR) is 81.4 cm³/mol. The fourth-order valence-corrected chi connectivity index (χ4v) is 2.38. The molecular weight excluding hydrogens is 313 g/mol. The number of rotatable bonds is 2. The first-order valence-corrected chi connectivity index (χ1v) is 6.99. The molecule has 0 saturated heterocycles. The average Bonchev–Trinajstić information content (AvgIpc) is 2.97. The van der Waals surface area contributed by atoms with Gasteiger partial charge in [0.05, 0.1) is 23.5 Å². The van der Waals surface area contributed by atoms with Gasteiger partial charge in [-0.2, -0.15) is 13.2 Å². The third kappa shape index (κ3) is 3.04. The summed E-state index contributed by atoms with van der Waals surface area (Å²) in [7, 11) is 0. The third-order valence-corrected chi connectivity index (χ3v) is 3.63. The van der Waals surface area contributed by atoms with Crippen LogP contribution in [-0.4, -0.2) is 6.54 Å². The zero-order valence-electron chi connectivity index (χ0n) is 11.4. The second kappa shape index (κ2) is 5.57. The monoisotopic (exact) mass is 324 g/mol. The fraction of sp³-hybridized carbons (Fsp3) is 0.125. The lowest BCUT2D eigenvalue weighted by Crippen LogP contribution is -2.31. The second-order valence-corrected chi connectivity index (χ2v) is 5.33. The Bertz CT molecular complexity index is 708. The Morgan fingerprint density at radius 2 is 1.77 bits per heavy atom. The summed E-state index contributed by atoms with van der Waals surface area (Å²) in [4.78, 5) is 0. The average molecular weight is 325 g/mol. The van der Waals surface area contributed by atoms with Gasteiger partial charge in [-0.05, 0) is 42.0 Å². The minimum atomic E-state index is -4.35. The van der Waals surface area contributed by atoms with E-state index in [-0.39, 0.29) is 0 Å². The standard InChI is InChI=1S/C16H12ClF3N2/c17-13-6-4-11(5-7-13)15-8-9-22(21-15)14-3-1-2-12(10-14)16(18,19)20/h1-8,10,21H,9H2. The van der Waals surface area contributed by atoms with Crippen LogP contribution in [-0.2, 0) is 6.18 Å². The maximum absolute atomic E-state index is 12.8. The highest BCUT2D eigenvalue weighted by Crippen LogP contribution is 2.32. The molecular formula is C16H12ClF3N2. The molecule has 1 heterocycles. The Labute approximate surface area is 130 Å². The van der Waals surface area contributed by atoms with Gasteiger partial charge in [-0.15, -0.1) is 0 Å². The molecule has 22 heavy (non-hydrogen) atoms. The molecule has 114 valence electrons. The highest BCUT2D eigenvalue weighted by molar-refractivity contribution is 6.30. The van der Waals surface area contributed by atoms with E-state index in [2.05, 4.69) is 5.43 Å². The van der Waals surface area contributed by atoms with Crippen molar-refractivity contribution >= 4 is 23.0 Å². The number of anilines is 1. The van der Waals surface area contributed by atoms with Gasteiger partial charge in [-0.3, -0.25) is 10.4 Å². The summed E-state index contributed by atoms with van der Waals surface area (Å²) in [6.45, 7) is 0.485. The molecule has 0 saturated carbocycles. The Hall–Kier alpha value is -2.14. The highest BCUT2D eigenvalue weighted by Gasteiger charge is 2.31. The number of hydrogen-bond donors (Lipinski definition) is 1. The molecule has 0 amide bonds. The molecule has 0 unspecified atom stereocenters. The van der Waals surface area contributed by atoms with Crippen LogP contribution in [0.4, 0.5) is 18.9 Å². The lowest BCUT2D eigenvalue weighted by molar-refractivity contribution is -0.137. The number of nitrogens with one attached hydrogen (secondary N) is 1. The zero-order valence-corrected chi connectivity index (χ0v) is 12.1. The predicted octanol–water partition coefficient (Wildman–Crippen LogP) is 4.72. The van der Waals surface area contributed by atoms with Gasteiger partial charge in [0, 0.05) is 5.02 Å². The van der Waals surface area contributed by atoms with Crippen molar-refractivity contribution in [3.05, 3.63) is 70.8 Å². The van der Waals surface area contributed by atoms with E-state index in [4.69, 9.17) is 11.6 Å². The number of nitrogens with zero attached hydrogens (tertiary/aromatic N) is 1. The number of hydrogen-bond acceptors (Lipinski definition) is 2. The quantitative estimate of drug-likeness (QED) is 0.859. The molecule has 0 spiro atoms. The topological polar surface area (TPSA) is 15.3 Å². The summed E-state index contributed by atoms with van der Waals surface area (Å²) in [6.07, 6.45) is -2.42. The van der Waals surface area contributed by atoms with E-state index >= 15 is 0 Å². The van der Waals surface area contributed by atoms with Crippen LogP contribution >= 0.6 is 11.6 Å². The van der Waals surface area contributed by atoms with Crippen LogP contribution in [0.3, 0.4) is 0 Å². The van der Waals surface area contributed by atoms with E-state index in [9.17, 15) is 13.2 Å². The molecule has 0 aliphatic carbocycles. The molecule has 1 aliphatic rings. The van der Waals surface area contributed by atoms with E-state index in [0.29, 0.717) is 17.3 Å². The maximum Gasteiger partial charge on any atom is 0.416 e. The van der Waals surface area contributed by atoms with Crippen molar-refractivity contribution in [2.24, 2.45) is 0 Å². The molecule has 2 aromatic rings. The lowest BCUT2D eigenvalue weighted by Gasteiger charge is -2.21. The largest absolute Gasteiger partial charge is 0.416 e. The Kier molecular flexibility index (Phi) is 3.74. The summed E-state index contributed by atoms with van der Waals surface area (Å²) in [6, 6.07) is 12.5.